The van der Waals surface area contributed by atoms with Gasteiger partial charge in [0.2, 0.25) is 0 Å². The fraction of sp³-hybridized carbons (Fsp3) is 0.324. The summed E-state index contributed by atoms with van der Waals surface area (Å²) >= 11 is 0. The van der Waals surface area contributed by atoms with Crippen molar-refractivity contribution >= 4 is 18.0 Å². The molecule has 2 aromatic carbocycles. The second-order valence-electron chi connectivity index (χ2n) is 11.8. The van der Waals surface area contributed by atoms with Crippen molar-refractivity contribution in [1.82, 2.24) is 14.9 Å². The maximum Gasteiger partial charge on any atom is 0.410 e. The number of amides is 1. The standard InChI is InChI=1S/C37H41N3O8/c1-37(2,3)48-36(43)40(20-6-22-46-30-12-8-26(9-13-30)32-24-28(16-18-38-32)34(41)44-4)21-7-23-47-31-14-10-27(11-15-31)33-25-29(17-19-39-33)35(42)45-5/h8-19,24-25H,6-7,20-23H2,1-5H3. The third-order valence-electron chi connectivity index (χ3n) is 7.00. The molecule has 2 heterocycles. The summed E-state index contributed by atoms with van der Waals surface area (Å²) in [7, 11) is 2.68. The molecule has 11 heteroatoms. The number of esters is 2. The molecule has 0 aliphatic carbocycles. The molecule has 0 aliphatic rings. The van der Waals surface area contributed by atoms with Gasteiger partial charge in [0.25, 0.3) is 0 Å². The smallest absolute Gasteiger partial charge is 0.410 e. The number of carbonyl (C=O) groups is 3. The molecule has 0 fully saturated rings. The van der Waals surface area contributed by atoms with Gasteiger partial charge in [-0.25, -0.2) is 14.4 Å². The zero-order valence-electron chi connectivity index (χ0n) is 27.9. The molecular formula is C37H41N3O8. The van der Waals surface area contributed by atoms with E-state index >= 15 is 0 Å². The van der Waals surface area contributed by atoms with Crippen LogP contribution in [0.2, 0.25) is 0 Å². The summed E-state index contributed by atoms with van der Waals surface area (Å²) < 4.78 is 27.1. The van der Waals surface area contributed by atoms with Crippen LogP contribution in [0, 0.1) is 0 Å². The number of carbonyl (C=O) groups excluding carboxylic acids is 3. The maximum atomic E-state index is 13.0. The number of ether oxygens (including phenoxy) is 5. The third-order valence-corrected chi connectivity index (χ3v) is 7.00. The molecule has 0 saturated heterocycles. The Kier molecular flexibility index (Phi) is 12.5. The minimum absolute atomic E-state index is 0.389. The van der Waals surface area contributed by atoms with Gasteiger partial charge < -0.3 is 28.6 Å². The monoisotopic (exact) mass is 655 g/mol. The lowest BCUT2D eigenvalue weighted by molar-refractivity contribution is 0.0233. The Morgan fingerprint density at radius 3 is 1.44 bits per heavy atom. The summed E-state index contributed by atoms with van der Waals surface area (Å²) in [5.74, 6) is 0.519. The van der Waals surface area contributed by atoms with Crippen molar-refractivity contribution in [3.8, 4) is 34.0 Å². The number of hydrogen-bond donors (Lipinski definition) is 0. The van der Waals surface area contributed by atoms with Crippen LogP contribution in [0.1, 0.15) is 54.3 Å². The number of pyridine rings is 2. The van der Waals surface area contributed by atoms with Crippen LogP contribution in [-0.4, -0.2) is 79.0 Å². The van der Waals surface area contributed by atoms with Gasteiger partial charge in [-0.3, -0.25) is 9.97 Å². The molecule has 0 saturated carbocycles. The number of hydrogen-bond acceptors (Lipinski definition) is 10. The highest BCUT2D eigenvalue weighted by atomic mass is 16.6. The number of methoxy groups -OCH3 is 2. The van der Waals surface area contributed by atoms with E-state index in [1.165, 1.54) is 14.2 Å². The number of aromatic nitrogens is 2. The van der Waals surface area contributed by atoms with Crippen molar-refractivity contribution < 1.29 is 38.1 Å². The summed E-state index contributed by atoms with van der Waals surface area (Å²) in [6.07, 6.45) is 3.94. The predicted molar refractivity (Wildman–Crippen MR) is 180 cm³/mol. The SMILES string of the molecule is COC(=O)c1ccnc(-c2ccc(OCCCN(CCCOc3ccc(-c4cc(C(=O)OC)ccn4)cc3)C(=O)OC(C)(C)C)cc2)c1. The first-order valence-electron chi connectivity index (χ1n) is 15.6. The molecule has 0 aliphatic heterocycles. The van der Waals surface area contributed by atoms with Gasteiger partial charge in [-0.2, -0.15) is 0 Å². The van der Waals surface area contributed by atoms with E-state index in [1.807, 2.05) is 69.3 Å². The highest BCUT2D eigenvalue weighted by molar-refractivity contribution is 5.91. The third kappa shape index (κ3) is 10.5. The van der Waals surface area contributed by atoms with Gasteiger partial charge in [0, 0.05) is 36.6 Å². The van der Waals surface area contributed by atoms with Crippen molar-refractivity contribution in [2.75, 3.05) is 40.5 Å². The van der Waals surface area contributed by atoms with Crippen LogP contribution < -0.4 is 9.47 Å². The van der Waals surface area contributed by atoms with E-state index in [9.17, 15) is 14.4 Å². The molecule has 11 nitrogen and oxygen atoms in total. The highest BCUT2D eigenvalue weighted by Gasteiger charge is 2.22. The van der Waals surface area contributed by atoms with Gasteiger partial charge in [0.15, 0.2) is 0 Å². The fourth-order valence-corrected chi connectivity index (χ4v) is 4.62. The maximum absolute atomic E-state index is 13.0. The molecule has 2 aromatic heterocycles. The predicted octanol–water partition coefficient (Wildman–Crippen LogP) is 6.86. The Morgan fingerprint density at radius 1 is 0.646 bits per heavy atom. The molecule has 0 atom stereocenters. The van der Waals surface area contributed by atoms with E-state index in [-0.39, 0.29) is 6.09 Å². The summed E-state index contributed by atoms with van der Waals surface area (Å²) in [5.41, 5.74) is 3.21. The minimum atomic E-state index is -0.623. The molecule has 4 rings (SSSR count). The molecule has 252 valence electrons. The van der Waals surface area contributed by atoms with Crippen LogP contribution in [0.15, 0.2) is 85.2 Å². The Balaban J connectivity index is 1.26. The van der Waals surface area contributed by atoms with Crippen molar-refractivity contribution in [2.45, 2.75) is 39.2 Å². The molecule has 0 bridgehead atoms. The zero-order valence-corrected chi connectivity index (χ0v) is 27.9. The normalized spacial score (nSPS) is 10.9. The first kappa shape index (κ1) is 35.4. The molecule has 1 amide bonds. The zero-order chi connectivity index (χ0) is 34.5. The second-order valence-corrected chi connectivity index (χ2v) is 11.8. The molecular weight excluding hydrogens is 614 g/mol. The van der Waals surface area contributed by atoms with E-state index in [1.54, 1.807) is 41.6 Å². The van der Waals surface area contributed by atoms with E-state index in [4.69, 9.17) is 23.7 Å². The number of nitrogens with zero attached hydrogens (tertiary/aromatic N) is 3. The Labute approximate surface area is 280 Å². The van der Waals surface area contributed by atoms with Crippen molar-refractivity contribution in [1.29, 1.82) is 0 Å². The summed E-state index contributed by atoms with van der Waals surface area (Å²) in [6.45, 7) is 7.21. The Hall–Kier alpha value is -5.45. The summed E-state index contributed by atoms with van der Waals surface area (Å²) in [4.78, 5) is 47.0. The first-order valence-corrected chi connectivity index (χ1v) is 15.6. The van der Waals surface area contributed by atoms with Gasteiger partial charge in [-0.05, 0) is 106 Å². The first-order chi connectivity index (χ1) is 23.1. The topological polar surface area (TPSA) is 126 Å². The summed E-state index contributed by atoms with van der Waals surface area (Å²) in [6, 6.07) is 21.4. The van der Waals surface area contributed by atoms with E-state index < -0.39 is 17.5 Å². The van der Waals surface area contributed by atoms with Crippen LogP contribution >= 0.6 is 0 Å². The van der Waals surface area contributed by atoms with Gasteiger partial charge in [0.05, 0.1) is 49.9 Å². The van der Waals surface area contributed by atoms with Crippen LogP contribution in [0.25, 0.3) is 22.5 Å². The minimum Gasteiger partial charge on any atom is -0.494 e. The average molecular weight is 656 g/mol. The van der Waals surface area contributed by atoms with Crippen LogP contribution in [-0.2, 0) is 14.2 Å². The number of benzene rings is 2. The lowest BCUT2D eigenvalue weighted by atomic mass is 10.1. The van der Waals surface area contributed by atoms with Gasteiger partial charge in [0.1, 0.15) is 17.1 Å². The Morgan fingerprint density at radius 2 is 1.06 bits per heavy atom. The van der Waals surface area contributed by atoms with E-state index in [0.29, 0.717) is 73.2 Å². The van der Waals surface area contributed by atoms with Crippen molar-refractivity contribution in [3.63, 3.8) is 0 Å². The lowest BCUT2D eigenvalue weighted by Gasteiger charge is -2.27. The largest absolute Gasteiger partial charge is 0.494 e. The van der Waals surface area contributed by atoms with Crippen molar-refractivity contribution in [3.05, 3.63) is 96.3 Å². The molecule has 48 heavy (non-hydrogen) atoms. The van der Waals surface area contributed by atoms with Crippen LogP contribution in [0.4, 0.5) is 4.79 Å². The van der Waals surface area contributed by atoms with Gasteiger partial charge in [-0.15, -0.1) is 0 Å². The van der Waals surface area contributed by atoms with E-state index in [2.05, 4.69) is 9.97 Å². The lowest BCUT2D eigenvalue weighted by Crippen LogP contribution is -2.38. The Bertz CT molecular complexity index is 1560. The van der Waals surface area contributed by atoms with Crippen LogP contribution in [0.3, 0.4) is 0 Å². The van der Waals surface area contributed by atoms with Gasteiger partial charge >= 0.3 is 18.0 Å². The molecule has 4 aromatic rings. The van der Waals surface area contributed by atoms with E-state index in [0.717, 1.165) is 11.1 Å². The molecule has 0 N–H and O–H groups in total. The van der Waals surface area contributed by atoms with Crippen molar-refractivity contribution in [2.24, 2.45) is 0 Å². The molecule has 0 unspecified atom stereocenters. The summed E-state index contributed by atoms with van der Waals surface area (Å²) in [5, 5.41) is 0. The molecule has 0 spiro atoms. The quantitative estimate of drug-likeness (QED) is 0.0808. The molecule has 0 radical (unpaired) electrons. The highest BCUT2D eigenvalue weighted by Crippen LogP contribution is 2.23. The van der Waals surface area contributed by atoms with Crippen LogP contribution in [0.5, 0.6) is 11.5 Å². The fourth-order valence-electron chi connectivity index (χ4n) is 4.62. The average Bonchev–Trinajstić information content (AvgIpc) is 3.10. The van der Waals surface area contributed by atoms with Gasteiger partial charge in [-0.1, -0.05) is 0 Å². The number of rotatable bonds is 14. The second kappa shape index (κ2) is 16.9.